The minimum absolute atomic E-state index is 0.0782. The van der Waals surface area contributed by atoms with Crippen LogP contribution < -0.4 is 11.1 Å². The summed E-state index contributed by atoms with van der Waals surface area (Å²) in [6.45, 7) is 0.669. The van der Waals surface area contributed by atoms with Crippen LogP contribution in [0.2, 0.25) is 0 Å². The Hall–Kier alpha value is -2.08. The number of halogens is 3. The van der Waals surface area contributed by atoms with Crippen molar-refractivity contribution < 1.29 is 13.2 Å². The van der Waals surface area contributed by atoms with E-state index in [1.54, 1.807) is 0 Å². The van der Waals surface area contributed by atoms with Crippen LogP contribution in [0.1, 0.15) is 41.9 Å². The van der Waals surface area contributed by atoms with Crippen LogP contribution in [0.25, 0.3) is 0 Å². The van der Waals surface area contributed by atoms with Gasteiger partial charge in [-0.1, -0.05) is 48.5 Å². The van der Waals surface area contributed by atoms with Gasteiger partial charge in [0.25, 0.3) is 0 Å². The number of hydrogen-bond acceptors (Lipinski definition) is 1. The average molecular weight is 407 g/mol. The fraction of sp³-hybridized carbons (Fsp3) is 0.409. The lowest BCUT2D eigenvalue weighted by Gasteiger charge is -2.37. The molecule has 0 aromatic heterocycles. The second-order valence-electron chi connectivity index (χ2n) is 7.60. The molecule has 2 nitrogen and oxygen atoms in total. The minimum atomic E-state index is -4.33. The SMILES string of the molecule is NC(=S)NCC1CCC(Cc2ccccc2)C(c2cccc(C(F)(F)F)c2)C1. The summed E-state index contributed by atoms with van der Waals surface area (Å²) >= 11 is 4.90. The molecule has 0 spiro atoms. The van der Waals surface area contributed by atoms with Crippen molar-refractivity contribution >= 4 is 17.3 Å². The number of alkyl halides is 3. The highest BCUT2D eigenvalue weighted by Gasteiger charge is 2.34. The summed E-state index contributed by atoms with van der Waals surface area (Å²) in [6, 6.07) is 16.0. The summed E-state index contributed by atoms with van der Waals surface area (Å²) in [6.07, 6.45) is -0.639. The summed E-state index contributed by atoms with van der Waals surface area (Å²) in [5.74, 6) is 0.731. The van der Waals surface area contributed by atoms with Gasteiger partial charge in [-0.15, -0.1) is 0 Å². The fourth-order valence-electron chi connectivity index (χ4n) is 4.27. The zero-order valence-corrected chi connectivity index (χ0v) is 16.4. The topological polar surface area (TPSA) is 38.0 Å². The Morgan fingerprint density at radius 2 is 1.82 bits per heavy atom. The first-order chi connectivity index (χ1) is 13.3. The molecule has 3 N–H and O–H groups in total. The largest absolute Gasteiger partial charge is 0.416 e. The van der Waals surface area contributed by atoms with E-state index in [1.807, 2.05) is 24.3 Å². The summed E-state index contributed by atoms with van der Waals surface area (Å²) < 4.78 is 39.7. The number of nitrogens with one attached hydrogen (secondary N) is 1. The molecular formula is C22H25F3N2S. The molecule has 0 amide bonds. The summed E-state index contributed by atoms with van der Waals surface area (Å²) in [4.78, 5) is 0. The number of benzene rings is 2. The van der Waals surface area contributed by atoms with E-state index in [1.165, 1.54) is 17.7 Å². The van der Waals surface area contributed by atoms with Crippen LogP contribution >= 0.6 is 12.2 Å². The van der Waals surface area contributed by atoms with Gasteiger partial charge in [0.15, 0.2) is 5.11 Å². The van der Waals surface area contributed by atoms with Gasteiger partial charge in [-0.05, 0) is 72.8 Å². The molecule has 150 valence electrons. The van der Waals surface area contributed by atoms with Gasteiger partial charge in [0, 0.05) is 6.54 Å². The molecule has 0 saturated heterocycles. The average Bonchev–Trinajstić information content (AvgIpc) is 2.67. The van der Waals surface area contributed by atoms with Gasteiger partial charge in [0.2, 0.25) is 0 Å². The molecule has 0 bridgehead atoms. The molecule has 2 aromatic rings. The molecule has 28 heavy (non-hydrogen) atoms. The van der Waals surface area contributed by atoms with Crippen molar-refractivity contribution in [1.29, 1.82) is 0 Å². The molecule has 1 fully saturated rings. The maximum atomic E-state index is 13.2. The van der Waals surface area contributed by atoms with Gasteiger partial charge < -0.3 is 11.1 Å². The maximum absolute atomic E-state index is 13.2. The van der Waals surface area contributed by atoms with Gasteiger partial charge in [0.1, 0.15) is 0 Å². The Morgan fingerprint density at radius 3 is 2.50 bits per heavy atom. The summed E-state index contributed by atoms with van der Waals surface area (Å²) in [7, 11) is 0. The van der Waals surface area contributed by atoms with E-state index in [4.69, 9.17) is 18.0 Å². The predicted octanol–water partition coefficient (Wildman–Crippen LogP) is 5.28. The van der Waals surface area contributed by atoms with Crippen LogP contribution in [0, 0.1) is 11.8 Å². The second kappa shape index (κ2) is 8.95. The monoisotopic (exact) mass is 406 g/mol. The highest BCUT2D eigenvalue weighted by Crippen LogP contribution is 2.43. The third kappa shape index (κ3) is 5.47. The van der Waals surface area contributed by atoms with Crippen molar-refractivity contribution in [2.24, 2.45) is 17.6 Å². The lowest BCUT2D eigenvalue weighted by Crippen LogP contribution is -2.36. The van der Waals surface area contributed by atoms with E-state index in [0.29, 0.717) is 18.4 Å². The van der Waals surface area contributed by atoms with Gasteiger partial charge in [0.05, 0.1) is 5.56 Å². The Morgan fingerprint density at radius 1 is 1.07 bits per heavy atom. The predicted molar refractivity (Wildman–Crippen MR) is 110 cm³/mol. The quantitative estimate of drug-likeness (QED) is 0.664. The standard InChI is InChI=1S/C22H25F3N2S/c23-22(24,25)19-8-4-7-17(13-19)20-12-16(14-27-21(26)28)9-10-18(20)11-15-5-2-1-3-6-15/h1-8,13,16,18,20H,9-12,14H2,(H3,26,27,28). The van der Waals surface area contributed by atoms with Crippen molar-refractivity contribution in [2.75, 3.05) is 6.54 Å². The van der Waals surface area contributed by atoms with Crippen molar-refractivity contribution in [2.45, 2.75) is 37.8 Å². The smallest absolute Gasteiger partial charge is 0.376 e. The molecule has 0 heterocycles. The molecule has 3 unspecified atom stereocenters. The Bertz CT molecular complexity index is 792. The fourth-order valence-corrected chi connectivity index (χ4v) is 4.35. The minimum Gasteiger partial charge on any atom is -0.376 e. The first-order valence-electron chi connectivity index (χ1n) is 9.57. The van der Waals surface area contributed by atoms with Gasteiger partial charge in [-0.3, -0.25) is 0 Å². The molecule has 6 heteroatoms. The van der Waals surface area contributed by atoms with Crippen LogP contribution in [-0.2, 0) is 12.6 Å². The van der Waals surface area contributed by atoms with E-state index >= 15 is 0 Å². The molecule has 3 atom stereocenters. The highest BCUT2D eigenvalue weighted by atomic mass is 32.1. The first-order valence-corrected chi connectivity index (χ1v) is 9.98. The Labute approximate surface area is 169 Å². The Balaban J connectivity index is 1.84. The number of hydrogen-bond donors (Lipinski definition) is 2. The van der Waals surface area contributed by atoms with Gasteiger partial charge >= 0.3 is 6.18 Å². The van der Waals surface area contributed by atoms with Crippen molar-refractivity contribution in [3.63, 3.8) is 0 Å². The van der Waals surface area contributed by atoms with Gasteiger partial charge in [-0.2, -0.15) is 13.2 Å². The van der Waals surface area contributed by atoms with E-state index < -0.39 is 11.7 Å². The lowest BCUT2D eigenvalue weighted by molar-refractivity contribution is -0.137. The first kappa shape index (κ1) is 20.6. The van der Waals surface area contributed by atoms with Gasteiger partial charge in [-0.25, -0.2) is 0 Å². The molecular weight excluding hydrogens is 381 g/mol. The van der Waals surface area contributed by atoms with E-state index in [9.17, 15) is 13.2 Å². The normalized spacial score (nSPS) is 22.6. The second-order valence-corrected chi connectivity index (χ2v) is 8.04. The lowest BCUT2D eigenvalue weighted by atomic mass is 9.69. The highest BCUT2D eigenvalue weighted by molar-refractivity contribution is 7.80. The molecule has 0 radical (unpaired) electrons. The molecule has 1 aliphatic carbocycles. The van der Waals surface area contributed by atoms with E-state index in [0.717, 1.165) is 37.3 Å². The van der Waals surface area contributed by atoms with Crippen LogP contribution in [0.15, 0.2) is 54.6 Å². The number of thiocarbonyl (C=S) groups is 1. The maximum Gasteiger partial charge on any atom is 0.416 e. The Kier molecular flexibility index (Phi) is 6.60. The van der Waals surface area contributed by atoms with E-state index in [-0.39, 0.29) is 11.0 Å². The number of nitrogens with two attached hydrogens (primary N) is 1. The van der Waals surface area contributed by atoms with Crippen molar-refractivity contribution in [3.05, 3.63) is 71.3 Å². The third-order valence-electron chi connectivity index (χ3n) is 5.65. The molecule has 1 saturated carbocycles. The summed E-state index contributed by atoms with van der Waals surface area (Å²) in [5, 5.41) is 3.28. The zero-order chi connectivity index (χ0) is 20.1. The third-order valence-corrected chi connectivity index (χ3v) is 5.79. The molecule has 1 aliphatic rings. The zero-order valence-electron chi connectivity index (χ0n) is 15.6. The molecule has 0 aliphatic heterocycles. The molecule has 3 rings (SSSR count). The van der Waals surface area contributed by atoms with Crippen molar-refractivity contribution in [3.8, 4) is 0 Å². The van der Waals surface area contributed by atoms with Crippen molar-refractivity contribution in [1.82, 2.24) is 5.32 Å². The summed E-state index contributed by atoms with van der Waals surface area (Å²) in [5.41, 5.74) is 6.97. The van der Waals surface area contributed by atoms with Crippen LogP contribution in [0.4, 0.5) is 13.2 Å². The van der Waals surface area contributed by atoms with Crippen LogP contribution in [0.3, 0.4) is 0 Å². The van der Waals surface area contributed by atoms with Crippen LogP contribution in [-0.4, -0.2) is 11.7 Å². The number of rotatable bonds is 5. The molecule has 2 aromatic carbocycles. The van der Waals surface area contributed by atoms with Crippen LogP contribution in [0.5, 0.6) is 0 Å². The van der Waals surface area contributed by atoms with E-state index in [2.05, 4.69) is 17.4 Å².